The van der Waals surface area contributed by atoms with Gasteiger partial charge in [-0.05, 0) is 31.2 Å². The second-order valence-electron chi connectivity index (χ2n) is 6.13. The monoisotopic (exact) mass is 282 g/mol. The quantitative estimate of drug-likeness (QED) is 0.787. The number of ether oxygens (including phenoxy) is 1. The van der Waals surface area contributed by atoms with Crippen LogP contribution in [0.1, 0.15) is 39.0 Å². The van der Waals surface area contributed by atoms with Gasteiger partial charge in [-0.1, -0.05) is 19.3 Å². The van der Waals surface area contributed by atoms with E-state index >= 15 is 0 Å². The SMILES string of the molecule is COC(=O)C(CN1CCC2CCCCC2C1)NC(C)=O. The molecule has 1 N–H and O–H groups in total. The zero-order valence-corrected chi connectivity index (χ0v) is 12.6. The van der Waals surface area contributed by atoms with Crippen molar-refractivity contribution in [3.63, 3.8) is 0 Å². The van der Waals surface area contributed by atoms with Gasteiger partial charge in [0.15, 0.2) is 0 Å². The average Bonchev–Trinajstić information content (AvgIpc) is 2.45. The molecule has 1 aliphatic carbocycles. The van der Waals surface area contributed by atoms with Gasteiger partial charge >= 0.3 is 5.97 Å². The van der Waals surface area contributed by atoms with E-state index in [9.17, 15) is 9.59 Å². The maximum atomic E-state index is 11.7. The van der Waals surface area contributed by atoms with Gasteiger partial charge in [-0.15, -0.1) is 0 Å². The molecule has 1 amide bonds. The van der Waals surface area contributed by atoms with Crippen LogP contribution in [-0.4, -0.2) is 49.6 Å². The van der Waals surface area contributed by atoms with Gasteiger partial charge in [-0.25, -0.2) is 4.79 Å². The highest BCUT2D eigenvalue weighted by Crippen LogP contribution is 2.35. The highest BCUT2D eigenvalue weighted by atomic mass is 16.5. The fourth-order valence-corrected chi connectivity index (χ4v) is 3.67. The average molecular weight is 282 g/mol. The van der Waals surface area contributed by atoms with E-state index in [1.807, 2.05) is 0 Å². The van der Waals surface area contributed by atoms with Crippen molar-refractivity contribution in [1.82, 2.24) is 10.2 Å². The number of carbonyl (C=O) groups is 2. The van der Waals surface area contributed by atoms with Gasteiger partial charge in [0.1, 0.15) is 6.04 Å². The lowest BCUT2D eigenvalue weighted by molar-refractivity contribution is -0.145. The third-order valence-corrected chi connectivity index (χ3v) is 4.68. The highest BCUT2D eigenvalue weighted by Gasteiger charge is 2.33. The molecule has 2 fully saturated rings. The molecule has 5 nitrogen and oxygen atoms in total. The first-order chi connectivity index (χ1) is 9.60. The molecular formula is C15H26N2O3. The molecule has 1 saturated heterocycles. The third kappa shape index (κ3) is 3.95. The van der Waals surface area contributed by atoms with Crippen LogP contribution in [0.4, 0.5) is 0 Å². The number of nitrogens with one attached hydrogen (secondary N) is 1. The molecule has 114 valence electrons. The lowest BCUT2D eigenvalue weighted by Crippen LogP contribution is -2.52. The largest absolute Gasteiger partial charge is 0.467 e. The van der Waals surface area contributed by atoms with E-state index < -0.39 is 6.04 Å². The number of likely N-dealkylation sites (tertiary alicyclic amines) is 1. The van der Waals surface area contributed by atoms with Crippen molar-refractivity contribution in [2.75, 3.05) is 26.7 Å². The van der Waals surface area contributed by atoms with Crippen LogP contribution in [0.25, 0.3) is 0 Å². The number of carbonyl (C=O) groups excluding carboxylic acids is 2. The molecule has 20 heavy (non-hydrogen) atoms. The minimum Gasteiger partial charge on any atom is -0.467 e. The van der Waals surface area contributed by atoms with Crippen LogP contribution in [0.2, 0.25) is 0 Å². The minimum absolute atomic E-state index is 0.187. The smallest absolute Gasteiger partial charge is 0.329 e. The summed E-state index contributed by atoms with van der Waals surface area (Å²) in [7, 11) is 1.37. The lowest BCUT2D eigenvalue weighted by atomic mass is 9.75. The standard InChI is InChI=1S/C15H26N2O3/c1-11(18)16-14(15(19)20-2)10-17-8-7-12-5-3-4-6-13(12)9-17/h12-14H,3-10H2,1-2H3,(H,16,18). The van der Waals surface area contributed by atoms with Gasteiger partial charge in [0.25, 0.3) is 0 Å². The number of amides is 1. The van der Waals surface area contributed by atoms with Gasteiger partial charge in [0, 0.05) is 20.0 Å². The molecule has 5 heteroatoms. The molecule has 0 bridgehead atoms. The Labute approximate surface area is 121 Å². The number of rotatable bonds is 4. The molecular weight excluding hydrogens is 256 g/mol. The predicted octanol–water partition coefficient (Wildman–Crippen LogP) is 1.18. The summed E-state index contributed by atoms with van der Waals surface area (Å²) >= 11 is 0. The van der Waals surface area contributed by atoms with Crippen LogP contribution < -0.4 is 5.32 Å². The normalized spacial score (nSPS) is 28.3. The molecule has 0 spiro atoms. The van der Waals surface area contributed by atoms with E-state index in [0.717, 1.165) is 24.9 Å². The van der Waals surface area contributed by atoms with E-state index in [4.69, 9.17) is 4.74 Å². The molecule has 0 aromatic rings. The zero-order chi connectivity index (χ0) is 14.5. The molecule has 0 aromatic heterocycles. The predicted molar refractivity (Wildman–Crippen MR) is 76.1 cm³/mol. The fraction of sp³-hybridized carbons (Fsp3) is 0.867. The topological polar surface area (TPSA) is 58.6 Å². The fourth-order valence-electron chi connectivity index (χ4n) is 3.67. The van der Waals surface area contributed by atoms with Gasteiger partial charge in [0.05, 0.1) is 7.11 Å². The van der Waals surface area contributed by atoms with Crippen LogP contribution in [0.15, 0.2) is 0 Å². The lowest BCUT2D eigenvalue weighted by Gasteiger charge is -2.42. The molecule has 3 atom stereocenters. The number of hydrogen-bond donors (Lipinski definition) is 1. The van der Waals surface area contributed by atoms with Gasteiger partial charge in [0.2, 0.25) is 5.91 Å². The Morgan fingerprint density at radius 2 is 1.95 bits per heavy atom. The van der Waals surface area contributed by atoms with E-state index in [1.54, 1.807) is 0 Å². The van der Waals surface area contributed by atoms with E-state index in [-0.39, 0.29) is 11.9 Å². The summed E-state index contributed by atoms with van der Waals surface area (Å²) in [5.74, 6) is 1.10. The van der Waals surface area contributed by atoms with Crippen LogP contribution in [0, 0.1) is 11.8 Å². The molecule has 0 radical (unpaired) electrons. The number of fused-ring (bicyclic) bond motifs is 1. The van der Waals surface area contributed by atoms with Crippen molar-refractivity contribution in [2.45, 2.75) is 45.1 Å². The van der Waals surface area contributed by atoms with Crippen molar-refractivity contribution in [2.24, 2.45) is 11.8 Å². The Hall–Kier alpha value is -1.10. The summed E-state index contributed by atoms with van der Waals surface area (Å²) in [4.78, 5) is 25.3. The molecule has 3 unspecified atom stereocenters. The Balaban J connectivity index is 1.89. The summed E-state index contributed by atoms with van der Waals surface area (Å²) < 4.78 is 4.78. The summed E-state index contributed by atoms with van der Waals surface area (Å²) in [5, 5.41) is 2.69. The van der Waals surface area contributed by atoms with Crippen LogP contribution in [-0.2, 0) is 14.3 Å². The van der Waals surface area contributed by atoms with Crippen LogP contribution in [0.3, 0.4) is 0 Å². The molecule has 1 heterocycles. The summed E-state index contributed by atoms with van der Waals surface area (Å²) in [5.41, 5.74) is 0. The van der Waals surface area contributed by atoms with Gasteiger partial charge < -0.3 is 15.0 Å². The zero-order valence-electron chi connectivity index (χ0n) is 12.6. The van der Waals surface area contributed by atoms with Crippen molar-refractivity contribution in [3.05, 3.63) is 0 Å². The number of methoxy groups -OCH3 is 1. The summed E-state index contributed by atoms with van der Waals surface area (Å²) in [6.45, 7) is 4.07. The molecule has 0 aromatic carbocycles. The summed E-state index contributed by atoms with van der Waals surface area (Å²) in [6.07, 6.45) is 6.60. The summed E-state index contributed by atoms with van der Waals surface area (Å²) in [6, 6.07) is -0.544. The number of nitrogens with zero attached hydrogens (tertiary/aromatic N) is 1. The second-order valence-corrected chi connectivity index (χ2v) is 6.13. The van der Waals surface area contributed by atoms with E-state index in [1.165, 1.54) is 46.1 Å². The number of piperidine rings is 1. The maximum Gasteiger partial charge on any atom is 0.329 e. The van der Waals surface area contributed by atoms with Crippen molar-refractivity contribution in [3.8, 4) is 0 Å². The Morgan fingerprint density at radius 1 is 1.25 bits per heavy atom. The Kier molecular flexibility index (Phi) is 5.40. The van der Waals surface area contributed by atoms with E-state index in [0.29, 0.717) is 6.54 Å². The number of esters is 1. The minimum atomic E-state index is -0.544. The number of hydrogen-bond acceptors (Lipinski definition) is 4. The third-order valence-electron chi connectivity index (χ3n) is 4.68. The van der Waals surface area contributed by atoms with Crippen LogP contribution in [0.5, 0.6) is 0 Å². The molecule has 2 aliphatic rings. The maximum absolute atomic E-state index is 11.7. The Bertz CT molecular complexity index is 359. The van der Waals surface area contributed by atoms with Gasteiger partial charge in [-0.2, -0.15) is 0 Å². The first kappa shape index (κ1) is 15.3. The van der Waals surface area contributed by atoms with E-state index in [2.05, 4.69) is 10.2 Å². The van der Waals surface area contributed by atoms with Crippen LogP contribution >= 0.6 is 0 Å². The molecule has 2 rings (SSSR count). The first-order valence-corrected chi connectivity index (χ1v) is 7.67. The highest BCUT2D eigenvalue weighted by molar-refractivity contribution is 5.83. The van der Waals surface area contributed by atoms with Crippen molar-refractivity contribution in [1.29, 1.82) is 0 Å². The first-order valence-electron chi connectivity index (χ1n) is 7.67. The van der Waals surface area contributed by atoms with Crippen molar-refractivity contribution < 1.29 is 14.3 Å². The Morgan fingerprint density at radius 3 is 2.60 bits per heavy atom. The van der Waals surface area contributed by atoms with Gasteiger partial charge in [-0.3, -0.25) is 4.79 Å². The second kappa shape index (κ2) is 7.07. The molecule has 1 aliphatic heterocycles. The molecule has 1 saturated carbocycles. The van der Waals surface area contributed by atoms with Crippen molar-refractivity contribution >= 4 is 11.9 Å².